The van der Waals surface area contributed by atoms with Crippen molar-refractivity contribution >= 4 is 29.3 Å². The minimum Gasteiger partial charge on any atom is -0.448 e. The highest BCUT2D eigenvalue weighted by Gasteiger charge is 2.48. The Labute approximate surface area is 225 Å². The predicted octanol–water partition coefficient (Wildman–Crippen LogP) is 5.00. The minimum absolute atomic E-state index is 0.0945. The topological polar surface area (TPSA) is 83.7 Å². The van der Waals surface area contributed by atoms with Crippen LogP contribution in [0.2, 0.25) is 5.02 Å². The number of carbonyl (C=O) groups is 1. The number of thioether (sulfide) groups is 1. The lowest BCUT2D eigenvalue weighted by molar-refractivity contribution is -0.127. The summed E-state index contributed by atoms with van der Waals surface area (Å²) < 4.78 is 26.0. The fourth-order valence-corrected chi connectivity index (χ4v) is 6.71. The first kappa shape index (κ1) is 26.4. The number of nitrogens with zero attached hydrogens (tertiary/aromatic N) is 1. The summed E-state index contributed by atoms with van der Waals surface area (Å²) in [6, 6.07) is 3.92. The van der Waals surface area contributed by atoms with Crippen LogP contribution >= 0.6 is 23.4 Å². The number of rotatable bonds is 6. The van der Waals surface area contributed by atoms with Gasteiger partial charge in [0.1, 0.15) is 6.17 Å². The third kappa shape index (κ3) is 4.98. The summed E-state index contributed by atoms with van der Waals surface area (Å²) in [5.74, 6) is -0.111. The summed E-state index contributed by atoms with van der Waals surface area (Å²) in [4.78, 5) is 31.5. The average molecular weight is 550 g/mol. The van der Waals surface area contributed by atoms with E-state index in [1.807, 2.05) is 33.1 Å². The molecule has 1 aromatic carbocycles. The number of aromatic amines is 1. The maximum Gasteiger partial charge on any atom is 0.254 e. The van der Waals surface area contributed by atoms with E-state index in [-0.39, 0.29) is 23.9 Å². The lowest BCUT2D eigenvalue weighted by Crippen LogP contribution is -2.55. The van der Waals surface area contributed by atoms with E-state index in [9.17, 15) is 14.0 Å². The van der Waals surface area contributed by atoms with Crippen LogP contribution < -0.4 is 20.3 Å². The molecular formula is C27H33ClFN3O4S. The van der Waals surface area contributed by atoms with E-state index in [2.05, 4.69) is 15.2 Å². The van der Waals surface area contributed by atoms with Crippen LogP contribution in [0.1, 0.15) is 59.8 Å². The smallest absolute Gasteiger partial charge is 0.254 e. The summed E-state index contributed by atoms with van der Waals surface area (Å²) in [6.07, 6.45) is 4.99. The number of amides is 1. The molecular weight excluding hydrogens is 517 g/mol. The van der Waals surface area contributed by atoms with Gasteiger partial charge in [0, 0.05) is 65.8 Å². The molecule has 3 heterocycles. The highest BCUT2D eigenvalue weighted by molar-refractivity contribution is 7.98. The van der Waals surface area contributed by atoms with Crippen molar-refractivity contribution in [2.24, 2.45) is 5.92 Å². The summed E-state index contributed by atoms with van der Waals surface area (Å²) in [5.41, 5.74) is 2.10. The van der Waals surface area contributed by atoms with Crippen molar-refractivity contribution in [3.63, 3.8) is 0 Å². The molecule has 1 unspecified atom stereocenters. The number of fused-ring (bicyclic) bond motifs is 1. The second-order valence-corrected chi connectivity index (χ2v) is 11.7. The molecule has 2 aliphatic heterocycles. The van der Waals surface area contributed by atoms with Crippen molar-refractivity contribution in [1.29, 1.82) is 0 Å². The van der Waals surface area contributed by atoms with E-state index in [1.165, 1.54) is 11.8 Å². The highest BCUT2D eigenvalue weighted by Crippen LogP contribution is 2.51. The summed E-state index contributed by atoms with van der Waals surface area (Å²) in [7, 11) is 0. The van der Waals surface area contributed by atoms with Crippen molar-refractivity contribution in [1.82, 2.24) is 15.2 Å². The quantitative estimate of drug-likeness (QED) is 0.494. The van der Waals surface area contributed by atoms with E-state index < -0.39 is 12.0 Å². The average Bonchev–Trinajstić information content (AvgIpc) is 3.23. The van der Waals surface area contributed by atoms with Crippen molar-refractivity contribution in [2.45, 2.75) is 75.9 Å². The normalized spacial score (nSPS) is 25.7. The standard InChI is InChI=1S/C27H33ClFN3O4S/c1-14-9-22(37-4)20(26(34)31-14)11-30-25(33)19-10-21(28)24-23(15(19)2)35-27(3,36-24)16-5-7-18(8-6-16)32-12-17(29)13-32/h9-10,16-18H,5-8,11-13H2,1-4H3,(H,30,33)(H,31,34). The van der Waals surface area contributed by atoms with E-state index >= 15 is 0 Å². The zero-order valence-corrected chi connectivity index (χ0v) is 23.2. The first-order valence-corrected chi connectivity index (χ1v) is 14.3. The van der Waals surface area contributed by atoms with Gasteiger partial charge in [-0.25, -0.2) is 4.39 Å². The van der Waals surface area contributed by atoms with Crippen LogP contribution in [0, 0.1) is 19.8 Å². The van der Waals surface area contributed by atoms with E-state index in [1.54, 1.807) is 6.07 Å². The number of halogens is 2. The first-order chi connectivity index (χ1) is 17.6. The molecule has 2 N–H and O–H groups in total. The van der Waals surface area contributed by atoms with Crippen LogP contribution in [0.15, 0.2) is 21.8 Å². The molecule has 1 aromatic heterocycles. The zero-order chi connectivity index (χ0) is 26.5. The number of aryl methyl sites for hydroxylation is 1. The monoisotopic (exact) mass is 549 g/mol. The number of H-pyrrole nitrogens is 1. The van der Waals surface area contributed by atoms with Crippen LogP contribution in [0.5, 0.6) is 11.5 Å². The van der Waals surface area contributed by atoms with Gasteiger partial charge in [-0.05, 0) is 57.9 Å². The van der Waals surface area contributed by atoms with Gasteiger partial charge in [-0.1, -0.05) is 11.6 Å². The van der Waals surface area contributed by atoms with E-state index in [4.69, 9.17) is 21.1 Å². The van der Waals surface area contributed by atoms with Gasteiger partial charge in [0.25, 0.3) is 17.3 Å². The van der Waals surface area contributed by atoms with E-state index in [0.29, 0.717) is 52.3 Å². The Morgan fingerprint density at radius 2 is 1.89 bits per heavy atom. The van der Waals surface area contributed by atoms with Gasteiger partial charge in [-0.2, -0.15) is 0 Å². The molecule has 0 bridgehead atoms. The molecule has 10 heteroatoms. The van der Waals surface area contributed by atoms with Gasteiger partial charge < -0.3 is 19.8 Å². The number of likely N-dealkylation sites (tertiary alicyclic amines) is 1. The van der Waals surface area contributed by atoms with Gasteiger partial charge in [-0.15, -0.1) is 11.8 Å². The number of nitrogens with one attached hydrogen (secondary N) is 2. The highest BCUT2D eigenvalue weighted by atomic mass is 35.5. The maximum atomic E-state index is 13.3. The first-order valence-electron chi connectivity index (χ1n) is 12.7. The third-order valence-corrected chi connectivity index (χ3v) is 9.07. The Bertz CT molecular complexity index is 1270. The van der Waals surface area contributed by atoms with E-state index in [0.717, 1.165) is 36.3 Å². The molecule has 1 saturated carbocycles. The number of benzene rings is 1. The molecule has 2 fully saturated rings. The maximum absolute atomic E-state index is 13.3. The van der Waals surface area contributed by atoms with Crippen LogP contribution in [0.4, 0.5) is 4.39 Å². The molecule has 1 aliphatic carbocycles. The SMILES string of the molecule is CSc1cc(C)[nH]c(=O)c1CNC(=O)c1cc(Cl)c2c(c1C)OC(C)(C1CCC(N3CC(F)C3)CC1)O2. The van der Waals surface area contributed by atoms with Crippen LogP contribution in [0.25, 0.3) is 0 Å². The van der Waals surface area contributed by atoms with Crippen molar-refractivity contribution < 1.29 is 18.7 Å². The van der Waals surface area contributed by atoms with Gasteiger partial charge in [0.05, 0.1) is 5.02 Å². The Morgan fingerprint density at radius 3 is 2.54 bits per heavy atom. The molecule has 5 rings (SSSR count). The van der Waals surface area contributed by atoms with Crippen molar-refractivity contribution in [2.75, 3.05) is 19.3 Å². The Balaban J connectivity index is 1.29. The number of alkyl halides is 1. The molecule has 1 atom stereocenters. The zero-order valence-electron chi connectivity index (χ0n) is 21.6. The molecule has 37 heavy (non-hydrogen) atoms. The second-order valence-electron chi connectivity index (χ2n) is 10.5. The van der Waals surface area contributed by atoms with Crippen LogP contribution in [0.3, 0.4) is 0 Å². The van der Waals surface area contributed by atoms with Crippen molar-refractivity contribution in [3.05, 3.63) is 49.9 Å². The van der Waals surface area contributed by atoms with Crippen LogP contribution in [-0.4, -0.2) is 53.1 Å². The largest absolute Gasteiger partial charge is 0.448 e. The molecule has 3 aliphatic rings. The second kappa shape index (κ2) is 10.2. The number of hydrogen-bond acceptors (Lipinski definition) is 6. The predicted molar refractivity (Wildman–Crippen MR) is 143 cm³/mol. The fourth-order valence-electron chi connectivity index (χ4n) is 5.77. The molecule has 0 spiro atoms. The van der Waals surface area contributed by atoms with Crippen LogP contribution in [-0.2, 0) is 6.54 Å². The summed E-state index contributed by atoms with van der Waals surface area (Å²) >= 11 is 8.05. The fraction of sp³-hybridized carbons (Fsp3) is 0.556. The molecule has 200 valence electrons. The number of aromatic nitrogens is 1. The van der Waals surface area contributed by atoms with Gasteiger partial charge in [-0.3, -0.25) is 14.5 Å². The number of ether oxygens (including phenoxy) is 2. The lowest BCUT2D eigenvalue weighted by Gasteiger charge is -2.45. The minimum atomic E-state index is -0.878. The molecule has 1 amide bonds. The lowest BCUT2D eigenvalue weighted by atomic mass is 9.80. The third-order valence-electron chi connectivity index (χ3n) is 7.99. The number of pyridine rings is 1. The Morgan fingerprint density at radius 1 is 1.22 bits per heavy atom. The number of hydrogen-bond donors (Lipinski definition) is 2. The Kier molecular flexibility index (Phi) is 7.24. The molecule has 0 radical (unpaired) electrons. The summed E-state index contributed by atoms with van der Waals surface area (Å²) in [5, 5.41) is 3.18. The molecule has 7 nitrogen and oxygen atoms in total. The molecule has 2 aromatic rings. The van der Waals surface area contributed by atoms with Gasteiger partial charge in [0.2, 0.25) is 0 Å². The Hall–Kier alpha value is -2.23. The van der Waals surface area contributed by atoms with Gasteiger partial charge >= 0.3 is 0 Å². The van der Waals surface area contributed by atoms with Crippen molar-refractivity contribution in [3.8, 4) is 11.5 Å². The van der Waals surface area contributed by atoms with Gasteiger partial charge in [0.15, 0.2) is 11.5 Å². The molecule has 1 saturated heterocycles. The number of carbonyl (C=O) groups excluding carboxylic acids is 1. The summed E-state index contributed by atoms with van der Waals surface area (Å²) in [6.45, 7) is 6.76.